The van der Waals surface area contributed by atoms with Crippen molar-refractivity contribution in [3.63, 3.8) is 0 Å². The van der Waals surface area contributed by atoms with Crippen LogP contribution in [-0.2, 0) is 6.54 Å². The molecule has 16 heavy (non-hydrogen) atoms. The summed E-state index contributed by atoms with van der Waals surface area (Å²) in [7, 11) is 0. The molecule has 1 saturated heterocycles. The Morgan fingerprint density at radius 1 is 1.25 bits per heavy atom. The van der Waals surface area contributed by atoms with Gasteiger partial charge in [0.2, 0.25) is 0 Å². The molecule has 1 heterocycles. The third kappa shape index (κ3) is 3.36. The number of hydrogen-bond acceptors (Lipinski definition) is 0. The SMILES string of the molecule is [NH3+]C1CCC[NH+](Cc2cc(Cl)cc(Cl)c2)C1. The van der Waals surface area contributed by atoms with E-state index >= 15 is 0 Å². The van der Waals surface area contributed by atoms with Crippen LogP contribution in [0.4, 0.5) is 0 Å². The molecule has 0 saturated carbocycles. The third-order valence-corrected chi connectivity index (χ3v) is 3.53. The molecule has 0 amide bonds. The van der Waals surface area contributed by atoms with Gasteiger partial charge in [-0.05, 0) is 18.2 Å². The van der Waals surface area contributed by atoms with E-state index in [0.717, 1.165) is 23.1 Å². The van der Waals surface area contributed by atoms with E-state index in [0.29, 0.717) is 6.04 Å². The molecule has 0 aromatic heterocycles. The van der Waals surface area contributed by atoms with Crippen LogP contribution in [0.3, 0.4) is 0 Å². The summed E-state index contributed by atoms with van der Waals surface area (Å²) in [5.74, 6) is 0. The number of piperidine rings is 1. The van der Waals surface area contributed by atoms with E-state index in [1.165, 1.54) is 24.9 Å². The normalized spacial score (nSPS) is 25.7. The van der Waals surface area contributed by atoms with Crippen molar-refractivity contribution in [2.45, 2.75) is 25.4 Å². The van der Waals surface area contributed by atoms with Crippen LogP contribution in [0.15, 0.2) is 18.2 Å². The molecular formula is C12H18Cl2N2+2. The van der Waals surface area contributed by atoms with Gasteiger partial charge in [-0.2, -0.15) is 0 Å². The second-order valence-corrected chi connectivity index (χ2v) is 5.54. The number of nitrogens with one attached hydrogen (secondary N) is 1. The van der Waals surface area contributed by atoms with E-state index < -0.39 is 0 Å². The molecule has 1 aromatic carbocycles. The fraction of sp³-hybridized carbons (Fsp3) is 0.500. The Hall–Kier alpha value is -0.280. The average Bonchev–Trinajstić information content (AvgIpc) is 2.15. The lowest BCUT2D eigenvalue weighted by molar-refractivity contribution is -0.928. The second-order valence-electron chi connectivity index (χ2n) is 4.67. The molecule has 0 radical (unpaired) electrons. The number of quaternary nitrogens is 2. The summed E-state index contributed by atoms with van der Waals surface area (Å²) in [5, 5.41) is 1.45. The lowest BCUT2D eigenvalue weighted by atomic mass is 10.1. The maximum absolute atomic E-state index is 5.99. The Bertz CT molecular complexity index is 348. The smallest absolute Gasteiger partial charge is 0.134 e. The average molecular weight is 261 g/mol. The summed E-state index contributed by atoms with van der Waals surface area (Å²) in [6.45, 7) is 3.40. The number of halogens is 2. The van der Waals surface area contributed by atoms with Crippen LogP contribution in [0.2, 0.25) is 10.0 Å². The fourth-order valence-electron chi connectivity index (χ4n) is 2.42. The van der Waals surface area contributed by atoms with Gasteiger partial charge in [-0.3, -0.25) is 0 Å². The van der Waals surface area contributed by atoms with Crippen LogP contribution in [0.1, 0.15) is 18.4 Å². The van der Waals surface area contributed by atoms with E-state index in [1.54, 1.807) is 11.0 Å². The summed E-state index contributed by atoms with van der Waals surface area (Å²) in [4.78, 5) is 1.59. The molecule has 1 aromatic rings. The van der Waals surface area contributed by atoms with Gasteiger partial charge in [0.05, 0.1) is 6.54 Å². The first kappa shape index (κ1) is 12.2. The van der Waals surface area contributed by atoms with Crippen molar-refractivity contribution in [3.8, 4) is 0 Å². The van der Waals surface area contributed by atoms with Gasteiger partial charge >= 0.3 is 0 Å². The minimum absolute atomic E-state index is 0.596. The maximum Gasteiger partial charge on any atom is 0.134 e. The minimum atomic E-state index is 0.596. The zero-order valence-electron chi connectivity index (χ0n) is 9.31. The molecule has 2 atom stereocenters. The van der Waals surface area contributed by atoms with Gasteiger partial charge in [-0.15, -0.1) is 0 Å². The van der Waals surface area contributed by atoms with Crippen LogP contribution < -0.4 is 10.6 Å². The van der Waals surface area contributed by atoms with Crippen LogP contribution in [0.25, 0.3) is 0 Å². The molecular weight excluding hydrogens is 243 g/mol. The van der Waals surface area contributed by atoms with E-state index in [2.05, 4.69) is 5.73 Å². The minimum Gasteiger partial charge on any atom is -0.350 e. The Morgan fingerprint density at radius 2 is 1.94 bits per heavy atom. The Kier molecular flexibility index (Phi) is 4.09. The van der Waals surface area contributed by atoms with Crippen molar-refractivity contribution >= 4 is 23.2 Å². The van der Waals surface area contributed by atoms with Gasteiger partial charge in [0, 0.05) is 28.5 Å². The van der Waals surface area contributed by atoms with Gasteiger partial charge in [0.1, 0.15) is 19.1 Å². The Labute approximate surface area is 106 Å². The first-order valence-electron chi connectivity index (χ1n) is 5.75. The molecule has 1 fully saturated rings. The molecule has 0 aliphatic carbocycles. The van der Waals surface area contributed by atoms with Crippen molar-refractivity contribution in [2.75, 3.05) is 13.1 Å². The number of hydrogen-bond donors (Lipinski definition) is 2. The van der Waals surface area contributed by atoms with E-state index in [1.807, 2.05) is 12.1 Å². The molecule has 2 unspecified atom stereocenters. The van der Waals surface area contributed by atoms with Crippen LogP contribution >= 0.6 is 23.2 Å². The summed E-state index contributed by atoms with van der Waals surface area (Å²) in [5.41, 5.74) is 5.38. The third-order valence-electron chi connectivity index (χ3n) is 3.10. The van der Waals surface area contributed by atoms with E-state index in [4.69, 9.17) is 23.2 Å². The Balaban J connectivity index is 2.02. The summed E-state index contributed by atoms with van der Waals surface area (Å²) < 4.78 is 0. The molecule has 1 aliphatic rings. The van der Waals surface area contributed by atoms with Gasteiger partial charge in [0.25, 0.3) is 0 Å². The molecule has 4 heteroatoms. The van der Waals surface area contributed by atoms with Crippen molar-refractivity contribution in [2.24, 2.45) is 0 Å². The molecule has 88 valence electrons. The first-order valence-corrected chi connectivity index (χ1v) is 6.50. The zero-order chi connectivity index (χ0) is 11.5. The van der Waals surface area contributed by atoms with Gasteiger partial charge in [0.15, 0.2) is 0 Å². The maximum atomic E-state index is 5.99. The quantitative estimate of drug-likeness (QED) is 0.788. The van der Waals surface area contributed by atoms with Crippen molar-refractivity contribution in [1.29, 1.82) is 0 Å². The molecule has 0 bridgehead atoms. The number of benzene rings is 1. The molecule has 1 aliphatic heterocycles. The monoisotopic (exact) mass is 260 g/mol. The highest BCUT2D eigenvalue weighted by molar-refractivity contribution is 6.34. The summed E-state index contributed by atoms with van der Waals surface area (Å²) in [6, 6.07) is 6.39. The lowest BCUT2D eigenvalue weighted by Crippen LogP contribution is -3.14. The largest absolute Gasteiger partial charge is 0.350 e. The summed E-state index contributed by atoms with van der Waals surface area (Å²) in [6.07, 6.45) is 2.54. The molecule has 0 spiro atoms. The second kappa shape index (κ2) is 5.37. The molecule has 2 rings (SSSR count). The predicted octanol–water partition coefficient (Wildman–Crippen LogP) is 0.783. The number of likely N-dealkylation sites (tertiary alicyclic amines) is 1. The predicted molar refractivity (Wildman–Crippen MR) is 66.8 cm³/mol. The fourth-order valence-corrected chi connectivity index (χ4v) is 2.99. The number of rotatable bonds is 2. The molecule has 4 N–H and O–H groups in total. The highest BCUT2D eigenvalue weighted by atomic mass is 35.5. The van der Waals surface area contributed by atoms with Gasteiger partial charge < -0.3 is 10.6 Å². The van der Waals surface area contributed by atoms with Crippen molar-refractivity contribution in [3.05, 3.63) is 33.8 Å². The Morgan fingerprint density at radius 3 is 2.56 bits per heavy atom. The van der Waals surface area contributed by atoms with E-state index in [9.17, 15) is 0 Å². The van der Waals surface area contributed by atoms with Crippen LogP contribution in [-0.4, -0.2) is 19.1 Å². The standard InChI is InChI=1S/C12H16Cl2N2/c13-10-4-9(5-11(14)6-10)7-16-3-1-2-12(15)8-16/h4-6,12H,1-3,7-8,15H2/p+2. The van der Waals surface area contributed by atoms with Gasteiger partial charge in [-0.1, -0.05) is 23.2 Å². The highest BCUT2D eigenvalue weighted by Crippen LogP contribution is 2.18. The topological polar surface area (TPSA) is 32.1 Å². The van der Waals surface area contributed by atoms with Crippen molar-refractivity contribution < 1.29 is 10.6 Å². The van der Waals surface area contributed by atoms with Crippen LogP contribution in [0, 0.1) is 0 Å². The van der Waals surface area contributed by atoms with Crippen LogP contribution in [0.5, 0.6) is 0 Å². The lowest BCUT2D eigenvalue weighted by Gasteiger charge is -2.26. The van der Waals surface area contributed by atoms with Gasteiger partial charge in [-0.25, -0.2) is 0 Å². The zero-order valence-corrected chi connectivity index (χ0v) is 10.8. The van der Waals surface area contributed by atoms with Crippen molar-refractivity contribution in [1.82, 2.24) is 0 Å². The molecule has 2 nitrogen and oxygen atoms in total. The highest BCUT2D eigenvalue weighted by Gasteiger charge is 2.22. The summed E-state index contributed by atoms with van der Waals surface area (Å²) >= 11 is 12.0. The first-order chi connectivity index (χ1) is 7.63. The van der Waals surface area contributed by atoms with E-state index in [-0.39, 0.29) is 0 Å².